The summed E-state index contributed by atoms with van der Waals surface area (Å²) in [6.07, 6.45) is 3.09. The van der Waals surface area contributed by atoms with E-state index in [1.807, 2.05) is 6.92 Å². The third-order valence-electron chi connectivity index (χ3n) is 4.38. The Bertz CT molecular complexity index is 930. The van der Waals surface area contributed by atoms with Gasteiger partial charge in [-0.05, 0) is 38.8 Å². The predicted octanol–water partition coefficient (Wildman–Crippen LogP) is 0.861. The van der Waals surface area contributed by atoms with Gasteiger partial charge < -0.3 is 10.1 Å². The smallest absolute Gasteiger partial charge is 0.276 e. The van der Waals surface area contributed by atoms with Crippen molar-refractivity contribution in [2.75, 3.05) is 19.7 Å². The third kappa shape index (κ3) is 4.52. The molecule has 0 unspecified atom stereocenters. The van der Waals surface area contributed by atoms with Crippen LogP contribution in [-0.2, 0) is 10.2 Å². The number of ether oxygens (including phenoxy) is 1. The molecule has 3 N–H and O–H groups in total. The topological polar surface area (TPSA) is 119 Å². The second-order valence-electron chi connectivity index (χ2n) is 6.26. The monoisotopic (exact) mass is 417 g/mol. The molecule has 1 amide bonds. The second kappa shape index (κ2) is 8.42. The number of fused-ring (bicyclic) bond motifs is 1. The molecule has 0 saturated carbocycles. The molecule has 0 aromatic carbocycles. The van der Waals surface area contributed by atoms with E-state index < -0.39 is 10.2 Å². The summed E-state index contributed by atoms with van der Waals surface area (Å²) in [6.45, 7) is 4.68. The number of amides is 1. The van der Waals surface area contributed by atoms with E-state index in [1.165, 1.54) is 4.31 Å². The van der Waals surface area contributed by atoms with Gasteiger partial charge in [-0.1, -0.05) is 0 Å². The first-order chi connectivity index (χ1) is 12.3. The Morgan fingerprint density at radius 1 is 1.48 bits per heavy atom. The number of nitrogens with one attached hydrogen (secondary N) is 1. The van der Waals surface area contributed by atoms with E-state index in [0.29, 0.717) is 48.8 Å². The fraction of sp³-hybridized carbons (Fsp3) is 0.500. The number of carbonyl (C=O) groups is 1. The molecule has 1 aliphatic heterocycles. The van der Waals surface area contributed by atoms with Crippen molar-refractivity contribution in [2.45, 2.75) is 32.7 Å². The number of nitrogens with zero attached hydrogens (tertiary/aromatic N) is 3. The molecule has 11 heteroatoms. The first-order valence-corrected chi connectivity index (χ1v) is 10.0. The van der Waals surface area contributed by atoms with Crippen molar-refractivity contribution in [3.63, 3.8) is 0 Å². The molecule has 3 rings (SSSR count). The molecular formula is C16H24ClN5O4S. The number of hydrogen-bond acceptors (Lipinski definition) is 5. The average Bonchev–Trinajstić information content (AvgIpc) is 2.91. The molecule has 1 fully saturated rings. The molecule has 2 aromatic heterocycles. The highest BCUT2D eigenvalue weighted by Gasteiger charge is 2.29. The van der Waals surface area contributed by atoms with E-state index >= 15 is 0 Å². The summed E-state index contributed by atoms with van der Waals surface area (Å²) in [4.78, 5) is 17.3. The molecule has 3 heterocycles. The van der Waals surface area contributed by atoms with Gasteiger partial charge in [0.15, 0.2) is 11.4 Å². The van der Waals surface area contributed by atoms with Gasteiger partial charge in [0.2, 0.25) is 0 Å². The minimum Gasteiger partial charge on any atom is -0.490 e. The van der Waals surface area contributed by atoms with E-state index in [2.05, 4.69) is 10.3 Å². The van der Waals surface area contributed by atoms with Gasteiger partial charge in [-0.15, -0.1) is 12.4 Å². The Balaban J connectivity index is 0.00000261. The van der Waals surface area contributed by atoms with Gasteiger partial charge in [0.25, 0.3) is 16.1 Å². The van der Waals surface area contributed by atoms with E-state index in [4.69, 9.17) is 9.88 Å². The Kier molecular flexibility index (Phi) is 6.68. The van der Waals surface area contributed by atoms with Crippen molar-refractivity contribution < 1.29 is 17.9 Å². The van der Waals surface area contributed by atoms with Crippen molar-refractivity contribution in [2.24, 2.45) is 5.14 Å². The van der Waals surface area contributed by atoms with Gasteiger partial charge in [0.1, 0.15) is 5.69 Å². The number of nitrogens with two attached hydrogens (primary N) is 1. The van der Waals surface area contributed by atoms with Crippen LogP contribution in [0.1, 0.15) is 35.9 Å². The minimum absolute atomic E-state index is 0. The number of rotatable bonds is 5. The number of carbonyl (C=O) groups excluding carboxylic acids is 1. The second-order valence-corrected chi connectivity index (χ2v) is 7.81. The maximum atomic E-state index is 12.8. The first kappa shape index (κ1) is 21.4. The van der Waals surface area contributed by atoms with Crippen LogP contribution in [0.15, 0.2) is 18.3 Å². The van der Waals surface area contributed by atoms with Crippen LogP contribution < -0.4 is 15.2 Å². The highest BCUT2D eigenvalue weighted by Crippen LogP contribution is 2.22. The summed E-state index contributed by atoms with van der Waals surface area (Å²) < 4.78 is 31.5. The molecule has 2 aromatic rings. The van der Waals surface area contributed by atoms with Gasteiger partial charge in [-0.3, -0.25) is 9.20 Å². The van der Waals surface area contributed by atoms with E-state index in [0.717, 1.165) is 0 Å². The number of hydrogen-bond donors (Lipinski definition) is 2. The Hall–Kier alpha value is -1.88. The summed E-state index contributed by atoms with van der Waals surface area (Å²) in [5, 5.41) is 8.10. The van der Waals surface area contributed by atoms with Crippen LogP contribution in [-0.4, -0.2) is 53.8 Å². The van der Waals surface area contributed by atoms with E-state index in [1.54, 1.807) is 29.7 Å². The van der Waals surface area contributed by atoms with Crippen molar-refractivity contribution >= 4 is 34.2 Å². The highest BCUT2D eigenvalue weighted by atomic mass is 35.5. The molecule has 150 valence electrons. The maximum absolute atomic E-state index is 12.8. The zero-order valence-corrected chi connectivity index (χ0v) is 16.8. The molecule has 1 atom stereocenters. The fourth-order valence-electron chi connectivity index (χ4n) is 3.24. The standard InChI is InChI=1S/C16H23N5O4S.ClH/c1-3-25-13-7-5-9-21-14(11(2)18-15(13)21)16(22)19-12-6-4-8-20(10-12)26(17,23)24;/h5,7,9,12H,3-4,6,8,10H2,1-2H3,(H,19,22)(H2,17,23,24);1H/t12-;/m0./s1. The third-order valence-corrected chi connectivity index (χ3v) is 5.43. The SMILES string of the molecule is CCOc1cccn2c(C(=O)N[C@H]3CCCN(S(N)(=O)=O)C3)c(C)nc12.Cl. The normalized spacial score (nSPS) is 18.1. The first-order valence-electron chi connectivity index (χ1n) is 8.50. The molecule has 0 spiro atoms. The van der Waals surface area contributed by atoms with Crippen molar-refractivity contribution in [1.82, 2.24) is 19.0 Å². The largest absolute Gasteiger partial charge is 0.490 e. The zero-order valence-electron chi connectivity index (χ0n) is 15.2. The predicted molar refractivity (Wildman–Crippen MR) is 104 cm³/mol. The number of piperidine rings is 1. The zero-order chi connectivity index (χ0) is 18.9. The molecule has 1 aliphatic rings. The van der Waals surface area contributed by atoms with Crippen LogP contribution in [0.25, 0.3) is 5.65 Å². The van der Waals surface area contributed by atoms with Crippen molar-refractivity contribution in [3.05, 3.63) is 29.7 Å². The molecule has 0 aliphatic carbocycles. The summed E-state index contributed by atoms with van der Waals surface area (Å²) in [5.74, 6) is 0.306. The Morgan fingerprint density at radius 2 is 2.22 bits per heavy atom. The van der Waals surface area contributed by atoms with Crippen LogP contribution in [0, 0.1) is 6.92 Å². The number of aromatic nitrogens is 2. The molecule has 9 nitrogen and oxygen atoms in total. The Morgan fingerprint density at radius 3 is 2.89 bits per heavy atom. The van der Waals surface area contributed by atoms with Crippen molar-refractivity contribution in [3.8, 4) is 5.75 Å². The number of imidazole rings is 1. The lowest BCUT2D eigenvalue weighted by Crippen LogP contribution is -2.51. The van der Waals surface area contributed by atoms with Gasteiger partial charge >= 0.3 is 0 Å². The van der Waals surface area contributed by atoms with Gasteiger partial charge in [0, 0.05) is 25.3 Å². The van der Waals surface area contributed by atoms with E-state index in [9.17, 15) is 13.2 Å². The molecule has 0 radical (unpaired) electrons. The van der Waals surface area contributed by atoms with Crippen LogP contribution in [0.2, 0.25) is 0 Å². The summed E-state index contributed by atoms with van der Waals surface area (Å²) in [5.41, 5.74) is 1.56. The van der Waals surface area contributed by atoms with Gasteiger partial charge in [0.05, 0.1) is 12.3 Å². The maximum Gasteiger partial charge on any atom is 0.276 e. The number of halogens is 1. The van der Waals surface area contributed by atoms with Crippen LogP contribution >= 0.6 is 12.4 Å². The lowest BCUT2D eigenvalue weighted by molar-refractivity contribution is 0.0914. The average molecular weight is 418 g/mol. The lowest BCUT2D eigenvalue weighted by Gasteiger charge is -2.30. The highest BCUT2D eigenvalue weighted by molar-refractivity contribution is 7.86. The fourth-order valence-corrected chi connectivity index (χ4v) is 4.01. The quantitative estimate of drug-likeness (QED) is 0.747. The van der Waals surface area contributed by atoms with E-state index in [-0.39, 0.29) is 30.9 Å². The van der Waals surface area contributed by atoms with Crippen molar-refractivity contribution in [1.29, 1.82) is 0 Å². The number of pyridine rings is 1. The lowest BCUT2D eigenvalue weighted by atomic mass is 10.1. The van der Waals surface area contributed by atoms with Gasteiger partial charge in [-0.2, -0.15) is 12.7 Å². The number of aryl methyl sites for hydroxylation is 1. The molecular weight excluding hydrogens is 394 g/mol. The van der Waals surface area contributed by atoms with Crippen LogP contribution in [0.4, 0.5) is 0 Å². The Labute approximate surface area is 164 Å². The summed E-state index contributed by atoms with van der Waals surface area (Å²) in [7, 11) is -3.76. The molecule has 0 bridgehead atoms. The molecule has 27 heavy (non-hydrogen) atoms. The van der Waals surface area contributed by atoms with Gasteiger partial charge in [-0.25, -0.2) is 10.1 Å². The molecule has 1 saturated heterocycles. The van der Waals surface area contributed by atoms with Crippen LogP contribution in [0.5, 0.6) is 5.75 Å². The summed E-state index contributed by atoms with van der Waals surface area (Å²) in [6, 6.07) is 3.30. The summed E-state index contributed by atoms with van der Waals surface area (Å²) >= 11 is 0. The minimum atomic E-state index is -3.76. The van der Waals surface area contributed by atoms with Crippen LogP contribution in [0.3, 0.4) is 0 Å².